The fourth-order valence-electron chi connectivity index (χ4n) is 5.28. The summed E-state index contributed by atoms with van der Waals surface area (Å²) in [5.41, 5.74) is 3.18. The molecule has 234 valence electrons. The molecule has 10 heteroatoms. The summed E-state index contributed by atoms with van der Waals surface area (Å²) in [5.74, 6) is 0.138. The summed E-state index contributed by atoms with van der Waals surface area (Å²) in [6.45, 7) is 1.79. The average Bonchev–Trinajstić information content (AvgIpc) is 3.06. The minimum absolute atomic E-state index is 0.0543. The van der Waals surface area contributed by atoms with Gasteiger partial charge in [0, 0.05) is 13.1 Å². The molecule has 2 amide bonds. The van der Waals surface area contributed by atoms with Gasteiger partial charge in [0.25, 0.3) is 5.91 Å². The summed E-state index contributed by atoms with van der Waals surface area (Å²) >= 11 is 0. The van der Waals surface area contributed by atoms with E-state index in [0.29, 0.717) is 42.1 Å². The van der Waals surface area contributed by atoms with E-state index in [1.165, 1.54) is 22.4 Å². The molecule has 0 spiro atoms. The van der Waals surface area contributed by atoms with E-state index in [-0.39, 0.29) is 23.9 Å². The number of nitrogens with one attached hydrogen (secondary N) is 1. The van der Waals surface area contributed by atoms with Gasteiger partial charge in [-0.15, -0.1) is 0 Å². The zero-order valence-corrected chi connectivity index (χ0v) is 26.2. The Morgan fingerprint density at radius 3 is 2.22 bits per heavy atom. The second-order valence-electron chi connectivity index (χ2n) is 10.8. The monoisotopic (exact) mass is 627 g/mol. The molecule has 1 aliphatic rings. The number of rotatable bonds is 12. The smallest absolute Gasteiger partial charge is 0.262 e. The third-order valence-corrected chi connectivity index (χ3v) is 9.57. The number of hydrogen-bond donors (Lipinski definition) is 1. The fourth-order valence-corrected chi connectivity index (χ4v) is 6.75. The van der Waals surface area contributed by atoms with Crippen LogP contribution < -0.4 is 19.7 Å². The van der Waals surface area contributed by atoms with Gasteiger partial charge in [-0.3, -0.25) is 9.59 Å². The van der Waals surface area contributed by atoms with Crippen molar-refractivity contribution in [3.8, 4) is 11.5 Å². The van der Waals surface area contributed by atoms with E-state index in [1.807, 2.05) is 60.7 Å². The van der Waals surface area contributed by atoms with Gasteiger partial charge < -0.3 is 19.7 Å². The molecule has 1 aliphatic heterocycles. The Labute approximate surface area is 264 Å². The lowest BCUT2D eigenvalue weighted by atomic mass is 10.1. The zero-order valence-electron chi connectivity index (χ0n) is 25.4. The quantitative estimate of drug-likeness (QED) is 0.250. The van der Waals surface area contributed by atoms with E-state index in [2.05, 4.69) is 5.32 Å². The summed E-state index contributed by atoms with van der Waals surface area (Å²) in [6, 6.07) is 30.9. The number of carbonyl (C=O) groups is 2. The molecular weight excluding hydrogens is 590 g/mol. The number of nitrogens with zero attached hydrogens (tertiary/aromatic N) is 2. The van der Waals surface area contributed by atoms with Gasteiger partial charge in [-0.05, 0) is 66.8 Å². The normalized spacial score (nSPS) is 14.4. The maximum absolute atomic E-state index is 14.0. The van der Waals surface area contributed by atoms with Gasteiger partial charge in [-0.1, -0.05) is 72.8 Å². The van der Waals surface area contributed by atoms with Gasteiger partial charge in [0.2, 0.25) is 15.9 Å². The molecule has 4 aromatic rings. The fraction of sp³-hybridized carbons (Fsp3) is 0.257. The summed E-state index contributed by atoms with van der Waals surface area (Å²) < 4.78 is 40.5. The molecule has 0 aromatic heterocycles. The van der Waals surface area contributed by atoms with E-state index in [1.54, 1.807) is 43.3 Å². The van der Waals surface area contributed by atoms with Gasteiger partial charge in [-0.2, -0.15) is 4.31 Å². The van der Waals surface area contributed by atoms with Crippen LogP contribution in [0.4, 0.5) is 5.69 Å². The Morgan fingerprint density at radius 2 is 1.56 bits per heavy atom. The SMILES string of the molecule is COc1ccc(S(=O)(=O)N(CCc2ccccc2)CC(=O)N2CC(C(=O)NCCc3ccccc3)Oc3ccccc32)cc1C. The van der Waals surface area contributed by atoms with Gasteiger partial charge in [-0.25, -0.2) is 8.42 Å². The third-order valence-electron chi connectivity index (χ3n) is 7.73. The Hall–Kier alpha value is -4.67. The predicted molar refractivity (Wildman–Crippen MR) is 173 cm³/mol. The maximum Gasteiger partial charge on any atom is 0.262 e. The molecule has 0 aliphatic carbocycles. The number of carbonyl (C=O) groups excluding carboxylic acids is 2. The predicted octanol–water partition coefficient (Wildman–Crippen LogP) is 4.39. The summed E-state index contributed by atoms with van der Waals surface area (Å²) in [5, 5.41) is 2.91. The van der Waals surface area contributed by atoms with E-state index in [4.69, 9.17) is 9.47 Å². The molecule has 1 N–H and O–H groups in total. The van der Waals surface area contributed by atoms with Crippen LogP contribution in [-0.4, -0.2) is 63.9 Å². The molecule has 45 heavy (non-hydrogen) atoms. The van der Waals surface area contributed by atoms with Crippen LogP contribution in [0.3, 0.4) is 0 Å². The number of aryl methyl sites for hydroxylation is 1. The van der Waals surface area contributed by atoms with Crippen molar-refractivity contribution in [2.24, 2.45) is 0 Å². The highest BCUT2D eigenvalue weighted by atomic mass is 32.2. The second kappa shape index (κ2) is 14.4. The van der Waals surface area contributed by atoms with Crippen molar-refractivity contribution in [2.75, 3.05) is 38.2 Å². The second-order valence-corrected chi connectivity index (χ2v) is 12.7. The minimum atomic E-state index is -4.08. The number of benzene rings is 4. The van der Waals surface area contributed by atoms with Gasteiger partial charge in [0.05, 0.1) is 30.8 Å². The summed E-state index contributed by atoms with van der Waals surface area (Å²) in [4.78, 5) is 28.7. The Balaban J connectivity index is 1.37. The third kappa shape index (κ3) is 7.71. The van der Waals surface area contributed by atoms with Crippen LogP contribution in [0.2, 0.25) is 0 Å². The van der Waals surface area contributed by atoms with Crippen molar-refractivity contribution >= 4 is 27.5 Å². The Morgan fingerprint density at radius 1 is 0.911 bits per heavy atom. The van der Waals surface area contributed by atoms with Gasteiger partial charge >= 0.3 is 0 Å². The number of para-hydroxylation sites is 2. The number of ether oxygens (including phenoxy) is 2. The lowest BCUT2D eigenvalue weighted by Gasteiger charge is -2.35. The lowest BCUT2D eigenvalue weighted by molar-refractivity contribution is -0.128. The first-order valence-corrected chi connectivity index (χ1v) is 16.3. The molecule has 0 saturated carbocycles. The molecule has 5 rings (SSSR count). The van der Waals surface area contributed by atoms with Crippen molar-refractivity contribution < 1.29 is 27.5 Å². The number of hydrogen-bond acceptors (Lipinski definition) is 6. The molecule has 0 radical (unpaired) electrons. The molecule has 0 fully saturated rings. The van der Waals surface area contributed by atoms with Crippen molar-refractivity contribution in [1.29, 1.82) is 0 Å². The van der Waals surface area contributed by atoms with Crippen LogP contribution >= 0.6 is 0 Å². The van der Waals surface area contributed by atoms with Crippen LogP contribution in [-0.2, 0) is 32.5 Å². The van der Waals surface area contributed by atoms with Gasteiger partial charge in [0.1, 0.15) is 11.5 Å². The topological polar surface area (TPSA) is 105 Å². The standard InChI is InChI=1S/C35H37N3O6S/c1-26-23-29(17-18-31(26)43-2)45(41,42)37(22-20-28-13-7-4-8-14-28)25-34(39)38-24-33(44-32-16-10-9-15-30(32)38)35(40)36-21-19-27-11-5-3-6-12-27/h3-18,23,33H,19-22,24-25H2,1-2H3,(H,36,40). The molecule has 4 aromatic carbocycles. The lowest BCUT2D eigenvalue weighted by Crippen LogP contribution is -2.53. The van der Waals surface area contributed by atoms with E-state index in [9.17, 15) is 18.0 Å². The van der Waals surface area contributed by atoms with Crippen molar-refractivity contribution in [3.05, 3.63) is 120 Å². The summed E-state index contributed by atoms with van der Waals surface area (Å²) in [6.07, 6.45) is 0.102. The number of fused-ring (bicyclic) bond motifs is 1. The molecule has 1 heterocycles. The first kappa shape index (κ1) is 31.7. The molecule has 1 unspecified atom stereocenters. The number of sulfonamides is 1. The molecule has 1 atom stereocenters. The molecule has 0 saturated heterocycles. The number of amides is 2. The van der Waals surface area contributed by atoms with E-state index in [0.717, 1.165) is 11.1 Å². The highest BCUT2D eigenvalue weighted by Crippen LogP contribution is 2.34. The first-order valence-electron chi connectivity index (χ1n) is 14.8. The van der Waals surface area contributed by atoms with E-state index < -0.39 is 28.6 Å². The average molecular weight is 628 g/mol. The van der Waals surface area contributed by atoms with Crippen molar-refractivity contribution in [1.82, 2.24) is 9.62 Å². The zero-order chi connectivity index (χ0) is 31.8. The molecular formula is C35H37N3O6S. The molecule has 0 bridgehead atoms. The van der Waals surface area contributed by atoms with Crippen molar-refractivity contribution in [2.45, 2.75) is 30.8 Å². The first-order chi connectivity index (χ1) is 21.8. The van der Waals surface area contributed by atoms with Crippen LogP contribution in [0, 0.1) is 6.92 Å². The van der Waals surface area contributed by atoms with Crippen molar-refractivity contribution in [3.63, 3.8) is 0 Å². The number of methoxy groups -OCH3 is 1. The van der Waals surface area contributed by atoms with Crippen LogP contribution in [0.5, 0.6) is 11.5 Å². The summed E-state index contributed by atoms with van der Waals surface area (Å²) in [7, 11) is -2.55. The largest absolute Gasteiger partial charge is 0.496 e. The minimum Gasteiger partial charge on any atom is -0.496 e. The van der Waals surface area contributed by atoms with Crippen LogP contribution in [0.15, 0.2) is 108 Å². The van der Waals surface area contributed by atoms with Crippen LogP contribution in [0.1, 0.15) is 16.7 Å². The highest BCUT2D eigenvalue weighted by Gasteiger charge is 2.36. The Bertz CT molecular complexity index is 1730. The highest BCUT2D eigenvalue weighted by molar-refractivity contribution is 7.89. The Kier molecular flexibility index (Phi) is 10.2. The molecule has 9 nitrogen and oxygen atoms in total. The maximum atomic E-state index is 14.0. The van der Waals surface area contributed by atoms with Gasteiger partial charge in [0.15, 0.2) is 6.10 Å². The van der Waals surface area contributed by atoms with Crippen LogP contribution in [0.25, 0.3) is 0 Å². The number of anilines is 1. The van der Waals surface area contributed by atoms with E-state index >= 15 is 0 Å².